The van der Waals surface area contributed by atoms with Crippen molar-refractivity contribution in [2.45, 2.75) is 57.4 Å². The maximum Gasteiger partial charge on any atom is 0.114 e. The molecule has 0 amide bonds. The molecule has 2 atom stereocenters. The van der Waals surface area contributed by atoms with Crippen LogP contribution in [0, 0.1) is 0 Å². The molecule has 0 saturated carbocycles. The van der Waals surface area contributed by atoms with Crippen molar-refractivity contribution in [1.82, 2.24) is 4.72 Å². The molecule has 0 unspecified atom stereocenters. The van der Waals surface area contributed by atoms with Gasteiger partial charge in [-0.05, 0) is 46.6 Å². The summed E-state index contributed by atoms with van der Waals surface area (Å²) in [5.41, 5.74) is 0. The van der Waals surface area contributed by atoms with Crippen molar-refractivity contribution < 1.29 is 11.6 Å². The van der Waals surface area contributed by atoms with Crippen LogP contribution in [0.2, 0.25) is 0 Å². The predicted molar refractivity (Wildman–Crippen MR) is 68.9 cm³/mol. The van der Waals surface area contributed by atoms with Gasteiger partial charge in [0.25, 0.3) is 0 Å². The van der Waals surface area contributed by atoms with Gasteiger partial charge in [0.2, 0.25) is 0 Å². The van der Waals surface area contributed by atoms with E-state index in [1.807, 2.05) is 6.26 Å². The highest BCUT2D eigenvalue weighted by Gasteiger charge is 2.21. The van der Waals surface area contributed by atoms with Crippen molar-refractivity contribution in [1.29, 1.82) is 0 Å². The minimum Gasteiger partial charge on any atom is -0.497 e. The van der Waals surface area contributed by atoms with Gasteiger partial charge in [0.1, 0.15) is 6.10 Å². The first-order valence-corrected chi connectivity index (χ1v) is 6.05. The topological polar surface area (TPSA) is 52.8 Å². The molecular weight excluding hydrogens is 210 g/mol. The van der Waals surface area contributed by atoms with E-state index in [1.54, 1.807) is 11.9 Å². The van der Waals surface area contributed by atoms with E-state index in [4.69, 9.17) is 4.74 Å². The van der Waals surface area contributed by atoms with Gasteiger partial charge in [0.15, 0.2) is 0 Å². The summed E-state index contributed by atoms with van der Waals surface area (Å²) in [4.78, 5) is 0. The van der Waals surface area contributed by atoms with Gasteiger partial charge in [0, 0.05) is 6.17 Å². The smallest absolute Gasteiger partial charge is 0.114 e. The maximum absolute atomic E-state index is 5.55. The zero-order valence-electron chi connectivity index (χ0n) is 10.0. The Morgan fingerprint density at radius 2 is 2.20 bits per heavy atom. The fraction of sp³-hybridized carbons (Fsp3) is 0.818. The van der Waals surface area contributed by atoms with Gasteiger partial charge < -0.3 is 10.2 Å². The summed E-state index contributed by atoms with van der Waals surface area (Å²) < 4.78 is 9.26. The molecule has 0 radical (unpaired) electrons. The Morgan fingerprint density at radius 3 is 2.67 bits per heavy atom. The van der Waals surface area contributed by atoms with E-state index in [0.29, 0.717) is 12.1 Å². The molecule has 1 rings (SSSR count). The molecule has 3 nitrogen and oxygen atoms in total. The minimum absolute atomic E-state index is 0. The molecule has 0 spiro atoms. The molecule has 0 bridgehead atoms. The van der Waals surface area contributed by atoms with Gasteiger partial charge in [-0.15, -0.1) is 0 Å². The summed E-state index contributed by atoms with van der Waals surface area (Å²) in [7, 11) is 0. The van der Waals surface area contributed by atoms with Gasteiger partial charge in [-0.1, -0.05) is 11.9 Å². The fourth-order valence-electron chi connectivity index (χ4n) is 1.27. The summed E-state index contributed by atoms with van der Waals surface area (Å²) in [5.74, 6) is 0. The second-order valence-corrected chi connectivity index (χ2v) is 6.41. The number of hydrogen-bond acceptors (Lipinski definition) is 3. The third kappa shape index (κ3) is 6.07. The molecule has 3 N–H and O–H groups in total. The van der Waals surface area contributed by atoms with Crippen molar-refractivity contribution in [3.05, 3.63) is 12.3 Å². The molecule has 92 valence electrons. The van der Waals surface area contributed by atoms with Gasteiger partial charge in [-0.25, -0.2) is 0 Å². The first-order valence-electron chi connectivity index (χ1n) is 5.23. The zero-order valence-corrected chi connectivity index (χ0v) is 10.9. The lowest BCUT2D eigenvalue weighted by atomic mass is 10.1. The van der Waals surface area contributed by atoms with Crippen LogP contribution in [-0.4, -0.2) is 22.4 Å². The predicted octanol–water partition coefficient (Wildman–Crippen LogP) is 2.53. The summed E-state index contributed by atoms with van der Waals surface area (Å²) in [6.45, 7) is 8.81. The molecule has 0 aliphatic carbocycles. The Labute approximate surface area is 98.6 Å². The van der Waals surface area contributed by atoms with Crippen LogP contribution in [0.5, 0.6) is 0 Å². The lowest BCUT2D eigenvalue weighted by molar-refractivity contribution is 0.100. The Hall–Kier alpha value is -0.190. The third-order valence-electron chi connectivity index (χ3n) is 2.08. The molecular formula is C11H25NO2S. The van der Waals surface area contributed by atoms with Crippen LogP contribution in [0.25, 0.3) is 0 Å². The highest BCUT2D eigenvalue weighted by atomic mass is 32.2. The van der Waals surface area contributed by atoms with Gasteiger partial charge in [-0.2, -0.15) is 0 Å². The van der Waals surface area contributed by atoms with Gasteiger partial charge in [0.05, 0.1) is 12.3 Å². The first-order chi connectivity index (χ1) is 6.49. The van der Waals surface area contributed by atoms with Crippen LogP contribution in [0.4, 0.5) is 0 Å². The molecule has 0 saturated heterocycles. The SMILES string of the molecule is C[C@H](NSC(C)(C)C)[C@@H]1CCC=CO1.O.[HH]. The monoisotopic (exact) mass is 235 g/mol. The molecule has 4 heteroatoms. The fourth-order valence-corrected chi connectivity index (χ4v) is 1.96. The Kier molecular flexibility index (Phi) is 6.32. The first kappa shape index (κ1) is 14.8. The molecule has 1 aliphatic heterocycles. The Bertz CT molecular complexity index is 207. The molecule has 0 aromatic rings. The van der Waals surface area contributed by atoms with Crippen molar-refractivity contribution >= 4 is 11.9 Å². The highest BCUT2D eigenvalue weighted by Crippen LogP contribution is 2.22. The van der Waals surface area contributed by atoms with E-state index in [2.05, 4.69) is 38.5 Å². The molecule has 0 aromatic heterocycles. The summed E-state index contributed by atoms with van der Waals surface area (Å²) in [6.07, 6.45) is 6.50. The number of ether oxygens (including phenoxy) is 1. The average Bonchev–Trinajstić information content (AvgIpc) is 2.14. The maximum atomic E-state index is 5.55. The van der Waals surface area contributed by atoms with E-state index < -0.39 is 0 Å². The van der Waals surface area contributed by atoms with Crippen LogP contribution in [0.3, 0.4) is 0 Å². The standard InChI is InChI=1S/C11H21NOS.H2O.H2/c1-9(12-14-11(2,3)4)10-7-5-6-8-13-10;;/h6,8-10,12H,5,7H2,1-4H3;1H2;1H/t9-,10-;;/m0../s1. The zero-order chi connectivity index (χ0) is 10.6. The molecule has 1 aliphatic rings. The van der Waals surface area contributed by atoms with Gasteiger partial charge >= 0.3 is 0 Å². The Balaban J connectivity index is 0. The molecule has 0 fully saturated rings. The van der Waals surface area contributed by atoms with Crippen molar-refractivity contribution in [3.63, 3.8) is 0 Å². The number of hydrogen-bond donors (Lipinski definition) is 1. The van der Waals surface area contributed by atoms with Crippen LogP contribution in [-0.2, 0) is 4.74 Å². The number of rotatable bonds is 3. The number of nitrogens with one attached hydrogen (secondary N) is 1. The largest absolute Gasteiger partial charge is 0.497 e. The second kappa shape index (κ2) is 6.40. The molecule has 1 heterocycles. The quantitative estimate of drug-likeness (QED) is 0.765. The van der Waals surface area contributed by atoms with Crippen LogP contribution >= 0.6 is 11.9 Å². The third-order valence-corrected chi connectivity index (χ3v) is 3.18. The van der Waals surface area contributed by atoms with E-state index in [-0.39, 0.29) is 11.6 Å². The highest BCUT2D eigenvalue weighted by molar-refractivity contribution is 7.98. The van der Waals surface area contributed by atoms with Crippen LogP contribution in [0.1, 0.15) is 42.0 Å². The number of allylic oxidation sites excluding steroid dienone is 1. The summed E-state index contributed by atoms with van der Waals surface area (Å²) in [5, 5.41) is 0. The van der Waals surface area contributed by atoms with Crippen molar-refractivity contribution in [2.75, 3.05) is 0 Å². The van der Waals surface area contributed by atoms with Crippen molar-refractivity contribution in [2.24, 2.45) is 0 Å². The summed E-state index contributed by atoms with van der Waals surface area (Å²) in [6, 6.07) is 0.407. The minimum atomic E-state index is 0. The molecule has 0 aromatic carbocycles. The second-order valence-electron chi connectivity index (χ2n) is 4.74. The average molecular weight is 235 g/mol. The Morgan fingerprint density at radius 1 is 1.53 bits per heavy atom. The van der Waals surface area contributed by atoms with E-state index >= 15 is 0 Å². The van der Waals surface area contributed by atoms with Gasteiger partial charge in [-0.3, -0.25) is 4.72 Å². The lowest BCUT2D eigenvalue weighted by Gasteiger charge is -2.28. The van der Waals surface area contributed by atoms with Crippen LogP contribution in [0.15, 0.2) is 12.3 Å². The van der Waals surface area contributed by atoms with E-state index in [0.717, 1.165) is 12.8 Å². The lowest BCUT2D eigenvalue weighted by Crippen LogP contribution is -2.37. The van der Waals surface area contributed by atoms with E-state index in [9.17, 15) is 0 Å². The van der Waals surface area contributed by atoms with Crippen LogP contribution < -0.4 is 4.72 Å². The van der Waals surface area contributed by atoms with Crippen molar-refractivity contribution in [3.8, 4) is 0 Å². The normalized spacial score (nSPS) is 22.8. The molecule has 15 heavy (non-hydrogen) atoms. The van der Waals surface area contributed by atoms with E-state index in [1.165, 1.54) is 0 Å². The summed E-state index contributed by atoms with van der Waals surface area (Å²) >= 11 is 1.78.